The average molecular weight is 394 g/mol. The van der Waals surface area contributed by atoms with E-state index in [4.69, 9.17) is 9.73 Å². The number of hydrogen-bond donors (Lipinski definition) is 0. The monoisotopic (exact) mass is 393 g/mol. The van der Waals surface area contributed by atoms with Crippen molar-refractivity contribution in [3.63, 3.8) is 0 Å². The van der Waals surface area contributed by atoms with Crippen LogP contribution < -0.4 is 4.74 Å². The van der Waals surface area contributed by atoms with Crippen molar-refractivity contribution in [2.24, 2.45) is 21.7 Å². The SMILES string of the molecule is CCOc1ccc([C@H]2C3=C(CC(C)(C)CC3=O)N=C3CC(C)(C)CC(=O)C32)cc1. The van der Waals surface area contributed by atoms with Gasteiger partial charge in [0.2, 0.25) is 0 Å². The molecule has 3 aliphatic rings. The van der Waals surface area contributed by atoms with Crippen LogP contribution in [-0.2, 0) is 9.59 Å². The summed E-state index contributed by atoms with van der Waals surface area (Å²) in [4.78, 5) is 31.5. The summed E-state index contributed by atoms with van der Waals surface area (Å²) in [5.74, 6) is 0.631. The van der Waals surface area contributed by atoms with Gasteiger partial charge < -0.3 is 4.74 Å². The van der Waals surface area contributed by atoms with Gasteiger partial charge in [-0.1, -0.05) is 39.8 Å². The van der Waals surface area contributed by atoms with Crippen molar-refractivity contribution >= 4 is 17.3 Å². The Morgan fingerprint density at radius 2 is 1.59 bits per heavy atom. The second-order valence-electron chi connectivity index (χ2n) is 10.3. The summed E-state index contributed by atoms with van der Waals surface area (Å²) in [5.41, 5.74) is 3.48. The van der Waals surface area contributed by atoms with E-state index >= 15 is 0 Å². The van der Waals surface area contributed by atoms with Crippen LogP contribution in [0, 0.1) is 16.7 Å². The molecule has 4 heteroatoms. The molecule has 2 atom stereocenters. The molecule has 0 N–H and O–H groups in total. The van der Waals surface area contributed by atoms with E-state index in [-0.39, 0.29) is 34.2 Å². The van der Waals surface area contributed by atoms with Gasteiger partial charge in [0.05, 0.1) is 12.5 Å². The average Bonchev–Trinajstić information content (AvgIpc) is 2.58. The number of carbonyl (C=O) groups is 2. The van der Waals surface area contributed by atoms with Gasteiger partial charge in [0.1, 0.15) is 11.5 Å². The molecule has 4 rings (SSSR count). The predicted molar refractivity (Wildman–Crippen MR) is 114 cm³/mol. The first-order chi connectivity index (χ1) is 13.6. The third-order valence-electron chi connectivity index (χ3n) is 6.39. The number of Topliss-reactive ketones (excluding diaryl/α,β-unsaturated/α-hetero) is 2. The van der Waals surface area contributed by atoms with Crippen LogP contribution in [-0.4, -0.2) is 23.9 Å². The Morgan fingerprint density at radius 3 is 2.24 bits per heavy atom. The normalized spacial score (nSPS) is 27.8. The highest BCUT2D eigenvalue weighted by molar-refractivity contribution is 6.13. The summed E-state index contributed by atoms with van der Waals surface area (Å²) < 4.78 is 5.59. The van der Waals surface area contributed by atoms with Gasteiger partial charge in [-0.25, -0.2) is 0 Å². The molecule has 0 aromatic heterocycles. The van der Waals surface area contributed by atoms with Crippen LogP contribution in [0.15, 0.2) is 40.5 Å². The lowest BCUT2D eigenvalue weighted by Gasteiger charge is -2.44. The lowest BCUT2D eigenvalue weighted by molar-refractivity contribution is -0.124. The lowest BCUT2D eigenvalue weighted by atomic mass is 9.60. The molecule has 1 fully saturated rings. The Labute approximate surface area is 173 Å². The fourth-order valence-corrected chi connectivity index (χ4v) is 5.31. The molecule has 1 heterocycles. The summed E-state index contributed by atoms with van der Waals surface area (Å²) in [5, 5.41) is 0. The van der Waals surface area contributed by atoms with Gasteiger partial charge in [0.25, 0.3) is 0 Å². The van der Waals surface area contributed by atoms with Crippen LogP contribution >= 0.6 is 0 Å². The molecule has 2 aliphatic carbocycles. The summed E-state index contributed by atoms with van der Waals surface area (Å²) in [6.45, 7) is 11.1. The van der Waals surface area contributed by atoms with Crippen molar-refractivity contribution in [3.8, 4) is 5.75 Å². The first kappa shape index (κ1) is 20.1. The molecule has 0 spiro atoms. The highest BCUT2D eigenvalue weighted by atomic mass is 16.5. The molecule has 0 bridgehead atoms. The predicted octanol–water partition coefficient (Wildman–Crippen LogP) is 5.27. The zero-order valence-corrected chi connectivity index (χ0v) is 18.2. The number of allylic oxidation sites excluding steroid dienone is 2. The highest BCUT2D eigenvalue weighted by Gasteiger charge is 2.49. The van der Waals surface area contributed by atoms with Crippen LogP contribution in [0.4, 0.5) is 0 Å². The molecule has 1 unspecified atom stereocenters. The Balaban J connectivity index is 1.84. The Bertz CT molecular complexity index is 918. The smallest absolute Gasteiger partial charge is 0.161 e. The van der Waals surface area contributed by atoms with Crippen LogP contribution in [0.3, 0.4) is 0 Å². The first-order valence-electron chi connectivity index (χ1n) is 10.7. The molecule has 0 saturated heterocycles. The molecule has 1 aliphatic heterocycles. The van der Waals surface area contributed by atoms with Crippen molar-refractivity contribution in [3.05, 3.63) is 41.1 Å². The van der Waals surface area contributed by atoms with E-state index in [1.807, 2.05) is 31.2 Å². The minimum atomic E-state index is -0.315. The van der Waals surface area contributed by atoms with Crippen LogP contribution in [0.1, 0.15) is 71.8 Å². The first-order valence-corrected chi connectivity index (χ1v) is 10.7. The molecule has 154 valence electrons. The van der Waals surface area contributed by atoms with Gasteiger partial charge in [-0.15, -0.1) is 0 Å². The van der Waals surface area contributed by atoms with Gasteiger partial charge in [-0.3, -0.25) is 14.6 Å². The van der Waals surface area contributed by atoms with Crippen molar-refractivity contribution in [1.29, 1.82) is 0 Å². The zero-order valence-electron chi connectivity index (χ0n) is 18.2. The second-order valence-corrected chi connectivity index (χ2v) is 10.3. The van der Waals surface area contributed by atoms with Crippen LogP contribution in [0.25, 0.3) is 0 Å². The van der Waals surface area contributed by atoms with Gasteiger partial charge in [-0.05, 0) is 48.3 Å². The van der Waals surface area contributed by atoms with E-state index < -0.39 is 0 Å². The Morgan fingerprint density at radius 1 is 0.931 bits per heavy atom. The summed E-state index contributed by atoms with van der Waals surface area (Å²) in [6, 6.07) is 7.92. The maximum atomic E-state index is 13.3. The third-order valence-corrected chi connectivity index (χ3v) is 6.39. The number of ketones is 2. The molecule has 1 aromatic rings. The number of benzene rings is 1. The Kier molecular flexibility index (Phi) is 4.79. The van der Waals surface area contributed by atoms with Crippen molar-refractivity contribution < 1.29 is 14.3 Å². The molecule has 1 aromatic carbocycles. The van der Waals surface area contributed by atoms with E-state index in [2.05, 4.69) is 27.7 Å². The van der Waals surface area contributed by atoms with E-state index in [9.17, 15) is 9.59 Å². The largest absolute Gasteiger partial charge is 0.494 e. The third kappa shape index (κ3) is 3.70. The maximum Gasteiger partial charge on any atom is 0.161 e. The summed E-state index contributed by atoms with van der Waals surface area (Å²) in [7, 11) is 0. The van der Waals surface area contributed by atoms with Crippen LogP contribution in [0.2, 0.25) is 0 Å². The second kappa shape index (κ2) is 6.93. The van der Waals surface area contributed by atoms with Gasteiger partial charge in [0.15, 0.2) is 5.78 Å². The molecular weight excluding hydrogens is 362 g/mol. The molecule has 1 saturated carbocycles. The summed E-state index contributed by atoms with van der Waals surface area (Å²) >= 11 is 0. The van der Waals surface area contributed by atoms with Crippen molar-refractivity contribution in [2.45, 2.75) is 66.2 Å². The van der Waals surface area contributed by atoms with Crippen molar-refractivity contribution in [1.82, 2.24) is 0 Å². The van der Waals surface area contributed by atoms with Gasteiger partial charge >= 0.3 is 0 Å². The molecule has 0 amide bonds. The van der Waals surface area contributed by atoms with E-state index in [1.165, 1.54) is 0 Å². The number of nitrogens with zero attached hydrogens (tertiary/aromatic N) is 1. The number of aliphatic imine (C=N–C) groups is 1. The number of ether oxygens (including phenoxy) is 1. The molecular formula is C25H31NO3. The Hall–Kier alpha value is -2.23. The van der Waals surface area contributed by atoms with E-state index in [1.54, 1.807) is 0 Å². The molecule has 29 heavy (non-hydrogen) atoms. The topological polar surface area (TPSA) is 55.7 Å². The number of hydrogen-bond acceptors (Lipinski definition) is 4. The minimum Gasteiger partial charge on any atom is -0.494 e. The van der Waals surface area contributed by atoms with Crippen LogP contribution in [0.5, 0.6) is 5.75 Å². The number of fused-ring (bicyclic) bond motifs is 1. The maximum absolute atomic E-state index is 13.3. The molecule has 4 nitrogen and oxygen atoms in total. The van der Waals surface area contributed by atoms with E-state index in [0.29, 0.717) is 19.4 Å². The number of carbonyl (C=O) groups excluding carboxylic acids is 2. The highest BCUT2D eigenvalue weighted by Crippen LogP contribution is 2.51. The minimum absolute atomic E-state index is 0.0813. The quantitative estimate of drug-likeness (QED) is 0.703. The van der Waals surface area contributed by atoms with E-state index in [0.717, 1.165) is 41.1 Å². The lowest BCUT2D eigenvalue weighted by Crippen LogP contribution is -2.45. The van der Waals surface area contributed by atoms with Gasteiger partial charge in [-0.2, -0.15) is 0 Å². The zero-order chi connectivity index (χ0) is 21.0. The van der Waals surface area contributed by atoms with Crippen molar-refractivity contribution in [2.75, 3.05) is 6.61 Å². The molecule has 0 radical (unpaired) electrons. The number of rotatable bonds is 3. The van der Waals surface area contributed by atoms with Gasteiger partial charge in [0, 0.05) is 35.7 Å². The summed E-state index contributed by atoms with van der Waals surface area (Å²) in [6.07, 6.45) is 2.64. The fourth-order valence-electron chi connectivity index (χ4n) is 5.31. The fraction of sp³-hybridized carbons (Fsp3) is 0.560. The standard InChI is InChI=1S/C25H31NO3/c1-6-29-16-9-7-15(8-10-16)21-22-17(11-24(2,3)13-19(22)27)26-18-12-25(4,5)14-20(28)23(18)21/h7-10,21-22H,6,11-14H2,1-5H3/t21-,22?/m1/s1.